The number of hydrogen-bond donors (Lipinski definition) is 0. The highest BCUT2D eigenvalue weighted by Crippen LogP contribution is 2.37. The Morgan fingerprint density at radius 2 is 1.96 bits per heavy atom. The van der Waals surface area contributed by atoms with Gasteiger partial charge < -0.3 is 4.42 Å². The Morgan fingerprint density at radius 1 is 1.17 bits per heavy atom. The van der Waals surface area contributed by atoms with Crippen molar-refractivity contribution in [3.63, 3.8) is 0 Å². The van der Waals surface area contributed by atoms with Gasteiger partial charge in [0.25, 0.3) is 10.9 Å². The van der Waals surface area contributed by atoms with Gasteiger partial charge in [-0.3, -0.25) is 15.1 Å². The van der Waals surface area contributed by atoms with Crippen molar-refractivity contribution in [3.05, 3.63) is 46.6 Å². The normalized spacial score (nSPS) is 11.8. The van der Waals surface area contributed by atoms with E-state index in [2.05, 4.69) is 15.2 Å². The molecule has 2 heterocycles. The van der Waals surface area contributed by atoms with Crippen LogP contribution in [0.5, 0.6) is 0 Å². The zero-order valence-electron chi connectivity index (χ0n) is 12.8. The first kappa shape index (κ1) is 15.4. The van der Waals surface area contributed by atoms with E-state index in [1.54, 1.807) is 18.3 Å². The summed E-state index contributed by atoms with van der Waals surface area (Å²) in [6.07, 6.45) is 3.09. The molecule has 0 aliphatic heterocycles. The van der Waals surface area contributed by atoms with Crippen LogP contribution in [0.25, 0.3) is 10.8 Å². The van der Waals surface area contributed by atoms with Gasteiger partial charge in [-0.2, -0.15) is 0 Å². The molecule has 3 rings (SSSR count). The summed E-state index contributed by atoms with van der Waals surface area (Å²) in [6.45, 7) is 5.96. The van der Waals surface area contributed by atoms with Crippen LogP contribution in [0.4, 0.5) is 5.69 Å². The summed E-state index contributed by atoms with van der Waals surface area (Å²) in [5.41, 5.74) is -0.203. The molecule has 0 aliphatic carbocycles. The number of rotatable bonds is 3. The molecule has 0 aliphatic rings. The van der Waals surface area contributed by atoms with Crippen LogP contribution in [0.3, 0.4) is 0 Å². The molecule has 8 heteroatoms. The minimum atomic E-state index is -0.414. The minimum Gasteiger partial charge on any atom is -0.415 e. The number of pyridine rings is 1. The SMILES string of the molecule is CC(C)(C)c1nnc(Sc2ccc([N+](=O)[O-])c3cnccc23)o1. The molecule has 0 unspecified atom stereocenters. The molecule has 0 amide bonds. The first-order valence-corrected chi connectivity index (χ1v) is 7.71. The molecule has 0 radical (unpaired) electrons. The number of nitrogens with zero attached hydrogens (tertiary/aromatic N) is 4. The number of nitro groups is 1. The molecule has 0 saturated carbocycles. The lowest BCUT2D eigenvalue weighted by Crippen LogP contribution is -2.11. The predicted octanol–water partition coefficient (Wildman–Crippen LogP) is 3.97. The van der Waals surface area contributed by atoms with Gasteiger partial charge >= 0.3 is 0 Å². The highest BCUT2D eigenvalue weighted by molar-refractivity contribution is 7.99. The molecule has 0 N–H and O–H groups in total. The number of non-ortho nitro benzene ring substituents is 1. The van der Waals surface area contributed by atoms with Gasteiger partial charge in [0.2, 0.25) is 5.89 Å². The number of fused-ring (bicyclic) bond motifs is 1. The molecular weight excluding hydrogens is 316 g/mol. The Morgan fingerprint density at radius 3 is 2.61 bits per heavy atom. The zero-order valence-corrected chi connectivity index (χ0v) is 13.6. The number of benzene rings is 1. The Hall–Kier alpha value is -2.48. The zero-order chi connectivity index (χ0) is 16.6. The van der Waals surface area contributed by atoms with E-state index in [1.165, 1.54) is 24.0 Å². The minimum absolute atomic E-state index is 0.0263. The van der Waals surface area contributed by atoms with Crippen molar-refractivity contribution >= 4 is 28.2 Å². The van der Waals surface area contributed by atoms with Crippen LogP contribution < -0.4 is 0 Å². The smallest absolute Gasteiger partial charge is 0.281 e. The molecule has 23 heavy (non-hydrogen) atoms. The molecule has 2 aromatic heterocycles. The van der Waals surface area contributed by atoms with Gasteiger partial charge in [-0.15, -0.1) is 10.2 Å². The lowest BCUT2D eigenvalue weighted by molar-refractivity contribution is -0.383. The van der Waals surface area contributed by atoms with E-state index >= 15 is 0 Å². The third-order valence-electron chi connectivity index (χ3n) is 3.20. The third-order valence-corrected chi connectivity index (χ3v) is 4.11. The molecular formula is C15H14N4O3S. The van der Waals surface area contributed by atoms with Crippen LogP contribution in [0.2, 0.25) is 0 Å². The van der Waals surface area contributed by atoms with Crippen molar-refractivity contribution in [3.8, 4) is 0 Å². The molecule has 0 bridgehead atoms. The van der Waals surface area contributed by atoms with Crippen molar-refractivity contribution in [2.75, 3.05) is 0 Å². The summed E-state index contributed by atoms with van der Waals surface area (Å²) >= 11 is 1.28. The van der Waals surface area contributed by atoms with Crippen molar-refractivity contribution < 1.29 is 9.34 Å². The largest absolute Gasteiger partial charge is 0.415 e. The standard InChI is InChI=1S/C15H14N4O3S/c1-15(2,3)13-17-18-14(22-13)23-12-5-4-11(19(20)21)10-8-16-7-6-9(10)12/h4-8H,1-3H3. The quantitative estimate of drug-likeness (QED) is 0.529. The second-order valence-electron chi connectivity index (χ2n) is 5.99. The van der Waals surface area contributed by atoms with E-state index in [0.717, 1.165) is 10.3 Å². The molecule has 0 spiro atoms. The predicted molar refractivity (Wildman–Crippen MR) is 85.5 cm³/mol. The summed E-state index contributed by atoms with van der Waals surface area (Å²) in [7, 11) is 0. The van der Waals surface area contributed by atoms with Crippen molar-refractivity contribution in [1.29, 1.82) is 0 Å². The van der Waals surface area contributed by atoms with E-state index in [0.29, 0.717) is 16.5 Å². The van der Waals surface area contributed by atoms with Crippen LogP contribution in [-0.4, -0.2) is 20.1 Å². The van der Waals surface area contributed by atoms with E-state index in [-0.39, 0.29) is 11.1 Å². The number of nitro benzene ring substituents is 1. The van der Waals surface area contributed by atoms with Crippen LogP contribution in [0.15, 0.2) is 45.1 Å². The highest BCUT2D eigenvalue weighted by atomic mass is 32.2. The first-order valence-electron chi connectivity index (χ1n) is 6.89. The number of aromatic nitrogens is 3. The summed E-state index contributed by atoms with van der Waals surface area (Å²) in [5.74, 6) is 0.549. The maximum Gasteiger partial charge on any atom is 0.281 e. The van der Waals surface area contributed by atoms with Crippen molar-refractivity contribution in [2.45, 2.75) is 36.3 Å². The Bertz CT molecular complexity index is 886. The summed E-state index contributed by atoms with van der Waals surface area (Å²) in [4.78, 5) is 15.5. The lowest BCUT2D eigenvalue weighted by atomic mass is 9.97. The highest BCUT2D eigenvalue weighted by Gasteiger charge is 2.22. The first-order chi connectivity index (χ1) is 10.9. The summed E-state index contributed by atoms with van der Waals surface area (Å²) < 4.78 is 5.67. The Labute approximate surface area is 136 Å². The van der Waals surface area contributed by atoms with Gasteiger partial charge in [-0.05, 0) is 23.9 Å². The average Bonchev–Trinajstić information content (AvgIpc) is 2.96. The number of hydrogen-bond acceptors (Lipinski definition) is 7. The molecule has 0 atom stereocenters. The molecule has 1 aromatic carbocycles. The van der Waals surface area contributed by atoms with Gasteiger partial charge in [0, 0.05) is 34.2 Å². The van der Waals surface area contributed by atoms with Crippen molar-refractivity contribution in [1.82, 2.24) is 15.2 Å². The summed E-state index contributed by atoms with van der Waals surface area (Å²) in [5, 5.41) is 20.8. The molecule has 7 nitrogen and oxygen atoms in total. The average molecular weight is 330 g/mol. The molecule has 0 saturated heterocycles. The van der Waals surface area contributed by atoms with Crippen LogP contribution in [-0.2, 0) is 5.41 Å². The Kier molecular flexibility index (Phi) is 3.77. The maximum absolute atomic E-state index is 11.1. The summed E-state index contributed by atoms with van der Waals surface area (Å²) in [6, 6.07) is 4.89. The van der Waals surface area contributed by atoms with Gasteiger partial charge in [0.15, 0.2) is 0 Å². The van der Waals surface area contributed by atoms with E-state index < -0.39 is 4.92 Å². The van der Waals surface area contributed by atoms with Gasteiger partial charge in [-0.1, -0.05) is 20.8 Å². The van der Waals surface area contributed by atoms with E-state index in [9.17, 15) is 10.1 Å². The monoisotopic (exact) mass is 330 g/mol. The molecule has 3 aromatic rings. The second kappa shape index (κ2) is 5.62. The lowest BCUT2D eigenvalue weighted by Gasteiger charge is -2.10. The Balaban J connectivity index is 2.03. The van der Waals surface area contributed by atoms with E-state index in [1.807, 2.05) is 20.8 Å². The fourth-order valence-corrected chi connectivity index (χ4v) is 2.86. The third kappa shape index (κ3) is 3.02. The second-order valence-corrected chi connectivity index (χ2v) is 6.98. The van der Waals surface area contributed by atoms with Gasteiger partial charge in [0.1, 0.15) is 0 Å². The van der Waals surface area contributed by atoms with Gasteiger partial charge in [0.05, 0.1) is 10.3 Å². The van der Waals surface area contributed by atoms with Crippen LogP contribution in [0.1, 0.15) is 26.7 Å². The van der Waals surface area contributed by atoms with Gasteiger partial charge in [-0.25, -0.2) is 0 Å². The fourth-order valence-electron chi connectivity index (χ4n) is 2.04. The van der Waals surface area contributed by atoms with Crippen LogP contribution >= 0.6 is 11.8 Å². The fraction of sp³-hybridized carbons (Fsp3) is 0.267. The van der Waals surface area contributed by atoms with Crippen molar-refractivity contribution in [2.24, 2.45) is 0 Å². The van der Waals surface area contributed by atoms with E-state index in [4.69, 9.17) is 4.42 Å². The molecule has 118 valence electrons. The maximum atomic E-state index is 11.1. The molecule has 0 fully saturated rings. The topological polar surface area (TPSA) is 95.0 Å². The van der Waals surface area contributed by atoms with Crippen LogP contribution in [0, 0.1) is 10.1 Å².